The second-order valence-corrected chi connectivity index (χ2v) is 1.23. The summed E-state index contributed by atoms with van der Waals surface area (Å²) in [4.78, 5) is 9.64. The van der Waals surface area contributed by atoms with E-state index >= 15 is 0 Å². The molecule has 0 atom stereocenters. The van der Waals surface area contributed by atoms with Crippen molar-refractivity contribution in [3.8, 4) is 0 Å². The fraction of sp³-hybridized carbons (Fsp3) is 0.600. The zero-order chi connectivity index (χ0) is 6.41. The Morgan fingerprint density at radius 2 is 2.50 bits per heavy atom. The van der Waals surface area contributed by atoms with Crippen molar-refractivity contribution in [2.24, 2.45) is 0 Å². The molecule has 0 radical (unpaired) electrons. The van der Waals surface area contributed by atoms with Gasteiger partial charge in [-0.25, -0.2) is 4.79 Å². The molecular weight excluding hydrogens is 108 g/mol. The lowest BCUT2D eigenvalue weighted by atomic mass is 10.6. The predicted molar refractivity (Wildman–Crippen MR) is 27.9 cm³/mol. The molecule has 46 valence electrons. The molecule has 0 saturated carbocycles. The van der Waals surface area contributed by atoms with Crippen molar-refractivity contribution < 1.29 is 14.6 Å². The lowest BCUT2D eigenvalue weighted by Crippen LogP contribution is -1.96. The van der Waals surface area contributed by atoms with Crippen LogP contribution in [0.15, 0.2) is 5.76 Å². The number of ether oxygens (including phenoxy) is 1. The van der Waals surface area contributed by atoms with E-state index in [0.717, 1.165) is 0 Å². The number of aliphatic hydroxyl groups excluding tert-OH is 1. The van der Waals surface area contributed by atoms with Crippen LogP contribution in [0, 0.1) is 0 Å². The minimum absolute atomic E-state index is 0.0704. The Labute approximate surface area is 47.6 Å². The van der Waals surface area contributed by atoms with Gasteiger partial charge in [-0.1, -0.05) is 0 Å². The van der Waals surface area contributed by atoms with Crippen molar-refractivity contribution in [3.63, 3.8) is 0 Å². The van der Waals surface area contributed by atoms with Gasteiger partial charge in [0.05, 0.1) is 6.61 Å². The molecule has 0 fully saturated rings. The van der Waals surface area contributed by atoms with Crippen molar-refractivity contribution in [1.29, 1.82) is 0 Å². The number of carbonyl (C=O) groups excluding carboxylic acids is 1. The third kappa shape index (κ3) is 3.40. The van der Waals surface area contributed by atoms with Crippen molar-refractivity contribution in [2.45, 2.75) is 6.92 Å². The Kier molecular flexibility index (Phi) is 3.94. The molecule has 8 heavy (non-hydrogen) atoms. The molecule has 0 aromatic heterocycles. The third-order valence-electron chi connectivity index (χ3n) is 0.554. The van der Waals surface area contributed by atoms with Gasteiger partial charge in [-0.15, -0.1) is 0 Å². The van der Waals surface area contributed by atoms with Crippen LogP contribution in [-0.2, 0) is 9.53 Å². The van der Waals surface area contributed by atoms with Gasteiger partial charge in [0.1, 0.15) is 6.61 Å². The molecule has 0 spiro atoms. The number of hydrogen-bond acceptors (Lipinski definition) is 3. The van der Waals surface area contributed by atoms with Crippen LogP contribution >= 0.6 is 0 Å². The highest BCUT2D eigenvalue weighted by Gasteiger charge is 1.85. The number of allylic oxidation sites excluding steroid dienone is 1. The first kappa shape index (κ1) is 7.21. The van der Waals surface area contributed by atoms with E-state index in [1.165, 1.54) is 12.9 Å². The van der Waals surface area contributed by atoms with Crippen LogP contribution in [0.25, 0.3) is 0 Å². The van der Waals surface area contributed by atoms with E-state index in [0.29, 0.717) is 0 Å². The Morgan fingerprint density at radius 1 is 1.88 bits per heavy atom. The molecule has 0 aliphatic carbocycles. The number of aliphatic hydroxyl groups is 1. The van der Waals surface area contributed by atoms with E-state index in [4.69, 9.17) is 5.11 Å². The van der Waals surface area contributed by atoms with Gasteiger partial charge in [-0.3, -0.25) is 0 Å². The lowest BCUT2D eigenvalue weighted by Gasteiger charge is -1.96. The Hall–Kier alpha value is -0.790. The molecule has 0 amide bonds. The van der Waals surface area contributed by atoms with Gasteiger partial charge in [-0.05, 0) is 0 Å². The smallest absolute Gasteiger partial charge is 0.176 e. The number of hydrogen-bond donors (Lipinski definition) is 1. The van der Waals surface area contributed by atoms with E-state index in [1.54, 1.807) is 0 Å². The maximum absolute atomic E-state index is 9.64. The standard InChI is InChI=1S/C5H8O3/c1-5(4-7)8-3-2-6/h6H,2-3H2,1H3. The van der Waals surface area contributed by atoms with Crippen LogP contribution in [-0.4, -0.2) is 24.3 Å². The molecule has 0 aliphatic rings. The molecule has 0 aromatic carbocycles. The Morgan fingerprint density at radius 3 is 2.88 bits per heavy atom. The van der Waals surface area contributed by atoms with Gasteiger partial charge in [0.15, 0.2) is 11.7 Å². The first-order valence-corrected chi connectivity index (χ1v) is 2.26. The first-order chi connectivity index (χ1) is 3.81. The van der Waals surface area contributed by atoms with E-state index < -0.39 is 0 Å². The maximum atomic E-state index is 9.64. The Balaban J connectivity index is 3.26. The molecule has 0 aliphatic heterocycles. The molecular formula is C5H8O3. The minimum atomic E-state index is -0.0704. The fourth-order valence-corrected chi connectivity index (χ4v) is 0.228. The molecule has 0 bridgehead atoms. The van der Waals surface area contributed by atoms with E-state index in [9.17, 15) is 4.79 Å². The summed E-state index contributed by atoms with van der Waals surface area (Å²) < 4.78 is 4.58. The number of rotatable bonds is 3. The van der Waals surface area contributed by atoms with Crippen molar-refractivity contribution in [1.82, 2.24) is 0 Å². The highest BCUT2D eigenvalue weighted by molar-refractivity contribution is 5.48. The average molecular weight is 116 g/mol. The van der Waals surface area contributed by atoms with Crippen LogP contribution in [0.3, 0.4) is 0 Å². The van der Waals surface area contributed by atoms with Crippen LogP contribution in [0.1, 0.15) is 6.92 Å². The zero-order valence-electron chi connectivity index (χ0n) is 4.68. The fourth-order valence-electron chi connectivity index (χ4n) is 0.228. The summed E-state index contributed by atoms with van der Waals surface area (Å²) in [5, 5.41) is 8.14. The minimum Gasteiger partial charge on any atom is -0.484 e. The SMILES string of the molecule is CC(=C=O)OCCO. The van der Waals surface area contributed by atoms with Crippen LogP contribution < -0.4 is 0 Å². The molecule has 0 aromatic rings. The largest absolute Gasteiger partial charge is 0.484 e. The van der Waals surface area contributed by atoms with Crippen LogP contribution in [0.4, 0.5) is 0 Å². The van der Waals surface area contributed by atoms with Crippen molar-refractivity contribution in [2.75, 3.05) is 13.2 Å². The molecule has 1 N–H and O–H groups in total. The van der Waals surface area contributed by atoms with E-state index in [1.807, 2.05) is 0 Å². The third-order valence-corrected chi connectivity index (χ3v) is 0.554. The van der Waals surface area contributed by atoms with Gasteiger partial charge in [-0.2, -0.15) is 0 Å². The highest BCUT2D eigenvalue weighted by Crippen LogP contribution is 1.85. The predicted octanol–water partition coefficient (Wildman–Crippen LogP) is -0.269. The summed E-state index contributed by atoms with van der Waals surface area (Å²) >= 11 is 0. The normalized spacial score (nSPS) is 7.75. The molecule has 3 heteroatoms. The quantitative estimate of drug-likeness (QED) is 0.408. The average Bonchev–Trinajstić information content (AvgIpc) is 1.83. The van der Waals surface area contributed by atoms with Gasteiger partial charge >= 0.3 is 0 Å². The molecule has 3 nitrogen and oxygen atoms in total. The van der Waals surface area contributed by atoms with Crippen molar-refractivity contribution >= 4 is 5.94 Å². The summed E-state index contributed by atoms with van der Waals surface area (Å²) in [7, 11) is 0. The van der Waals surface area contributed by atoms with E-state index in [-0.39, 0.29) is 19.0 Å². The van der Waals surface area contributed by atoms with E-state index in [2.05, 4.69) is 4.74 Å². The summed E-state index contributed by atoms with van der Waals surface area (Å²) in [6.07, 6.45) is 0. The van der Waals surface area contributed by atoms with Gasteiger partial charge in [0.2, 0.25) is 0 Å². The lowest BCUT2D eigenvalue weighted by molar-refractivity contribution is 0.148. The van der Waals surface area contributed by atoms with Gasteiger partial charge in [0.25, 0.3) is 0 Å². The molecule has 0 saturated heterocycles. The maximum Gasteiger partial charge on any atom is 0.176 e. The van der Waals surface area contributed by atoms with Crippen LogP contribution in [0.2, 0.25) is 0 Å². The zero-order valence-corrected chi connectivity index (χ0v) is 4.68. The van der Waals surface area contributed by atoms with Crippen molar-refractivity contribution in [3.05, 3.63) is 5.76 Å². The molecule has 0 unspecified atom stereocenters. The first-order valence-electron chi connectivity index (χ1n) is 2.26. The van der Waals surface area contributed by atoms with Crippen LogP contribution in [0.5, 0.6) is 0 Å². The second-order valence-electron chi connectivity index (χ2n) is 1.23. The molecule has 0 heterocycles. The highest BCUT2D eigenvalue weighted by atomic mass is 16.5. The summed E-state index contributed by atoms with van der Waals surface area (Å²) in [5.41, 5.74) is 0. The monoisotopic (exact) mass is 116 g/mol. The Bertz CT molecular complexity index is 102. The summed E-state index contributed by atoms with van der Waals surface area (Å²) in [6, 6.07) is 0. The van der Waals surface area contributed by atoms with Gasteiger partial charge < -0.3 is 9.84 Å². The molecule has 0 rings (SSSR count). The topological polar surface area (TPSA) is 46.5 Å². The van der Waals surface area contributed by atoms with Gasteiger partial charge in [0, 0.05) is 6.92 Å². The summed E-state index contributed by atoms with van der Waals surface area (Å²) in [5.74, 6) is 1.71. The summed E-state index contributed by atoms with van der Waals surface area (Å²) in [6.45, 7) is 1.59. The second kappa shape index (κ2) is 4.37.